The predicted molar refractivity (Wildman–Crippen MR) is 72.8 cm³/mol. The van der Waals surface area contributed by atoms with Gasteiger partial charge in [-0.15, -0.1) is 0 Å². The summed E-state index contributed by atoms with van der Waals surface area (Å²) < 4.78 is 26.3. The highest BCUT2D eigenvalue weighted by Gasteiger charge is 2.20. The molecule has 1 rings (SSSR count). The minimum Gasteiger partial charge on any atom is -0.399 e. The topological polar surface area (TPSA) is 101 Å². The zero-order chi connectivity index (χ0) is 13.9. The molecular formula is C9H11BrClN3O3S. The third-order valence-electron chi connectivity index (χ3n) is 2.01. The average Bonchev–Trinajstić information content (AvgIpc) is 2.30. The number of amides is 1. The van der Waals surface area contributed by atoms with E-state index in [0.717, 1.165) is 0 Å². The van der Waals surface area contributed by atoms with E-state index in [2.05, 4.69) is 26.0 Å². The van der Waals surface area contributed by atoms with Crippen molar-refractivity contribution >= 4 is 49.1 Å². The lowest BCUT2D eigenvalue weighted by molar-refractivity contribution is -0.119. The first-order valence-corrected chi connectivity index (χ1v) is 7.38. The van der Waals surface area contributed by atoms with Crippen molar-refractivity contribution in [3.63, 3.8) is 0 Å². The Hall–Kier alpha value is -0.830. The summed E-state index contributed by atoms with van der Waals surface area (Å²) in [5, 5.41) is 2.30. The minimum absolute atomic E-state index is 0.00797. The average molecular weight is 357 g/mol. The molecule has 18 heavy (non-hydrogen) atoms. The Morgan fingerprint density at radius 3 is 2.67 bits per heavy atom. The van der Waals surface area contributed by atoms with E-state index < -0.39 is 15.9 Å². The highest BCUT2D eigenvalue weighted by atomic mass is 79.9. The van der Waals surface area contributed by atoms with Crippen LogP contribution in [0.15, 0.2) is 21.5 Å². The van der Waals surface area contributed by atoms with Crippen LogP contribution in [-0.4, -0.2) is 27.9 Å². The molecule has 0 aromatic heterocycles. The van der Waals surface area contributed by atoms with E-state index in [0.29, 0.717) is 4.47 Å². The molecule has 0 unspecified atom stereocenters. The molecule has 0 aliphatic rings. The number of likely N-dealkylation sites (N-methyl/N-ethyl adjacent to an activating group) is 1. The maximum atomic E-state index is 11.9. The van der Waals surface area contributed by atoms with Crippen LogP contribution in [-0.2, 0) is 14.8 Å². The summed E-state index contributed by atoms with van der Waals surface area (Å²) in [7, 11) is -2.49. The SMILES string of the molecule is CNC(=O)CNS(=O)(=O)c1cc(N)cc(Br)c1Cl. The van der Waals surface area contributed by atoms with Crippen molar-refractivity contribution in [2.45, 2.75) is 4.90 Å². The molecule has 0 aliphatic heterocycles. The first-order chi connectivity index (χ1) is 8.27. The maximum Gasteiger partial charge on any atom is 0.242 e. The van der Waals surface area contributed by atoms with Gasteiger partial charge in [0.05, 0.1) is 11.6 Å². The van der Waals surface area contributed by atoms with E-state index in [1.807, 2.05) is 0 Å². The highest BCUT2D eigenvalue weighted by Crippen LogP contribution is 2.31. The van der Waals surface area contributed by atoms with E-state index in [-0.39, 0.29) is 22.2 Å². The molecule has 4 N–H and O–H groups in total. The van der Waals surface area contributed by atoms with Gasteiger partial charge in [-0.05, 0) is 28.1 Å². The van der Waals surface area contributed by atoms with Crippen LogP contribution in [0.2, 0.25) is 5.02 Å². The van der Waals surface area contributed by atoms with Gasteiger partial charge in [0.2, 0.25) is 15.9 Å². The first-order valence-electron chi connectivity index (χ1n) is 4.72. The fourth-order valence-corrected chi connectivity index (χ4v) is 3.24. The normalized spacial score (nSPS) is 11.3. The van der Waals surface area contributed by atoms with Gasteiger partial charge in [0.15, 0.2) is 0 Å². The standard InChI is InChI=1S/C9H11BrClN3O3S/c1-13-8(15)4-14-18(16,17)7-3-5(12)2-6(10)9(7)11/h2-3,14H,4,12H2,1H3,(H,13,15). The molecule has 0 saturated carbocycles. The quantitative estimate of drug-likeness (QED) is 0.692. The lowest BCUT2D eigenvalue weighted by Gasteiger charge is -2.09. The summed E-state index contributed by atoms with van der Waals surface area (Å²) in [6.07, 6.45) is 0. The van der Waals surface area contributed by atoms with Gasteiger partial charge in [0.1, 0.15) is 4.90 Å². The number of anilines is 1. The Balaban J connectivity index is 3.09. The second-order valence-electron chi connectivity index (χ2n) is 3.31. The Morgan fingerprint density at radius 2 is 2.11 bits per heavy atom. The molecule has 0 atom stereocenters. The molecular weight excluding hydrogens is 346 g/mol. The van der Waals surface area contributed by atoms with Gasteiger partial charge < -0.3 is 11.1 Å². The summed E-state index contributed by atoms with van der Waals surface area (Å²) in [6, 6.07) is 2.71. The van der Waals surface area contributed by atoms with Gasteiger partial charge in [-0.25, -0.2) is 13.1 Å². The Morgan fingerprint density at radius 1 is 1.50 bits per heavy atom. The molecule has 1 aromatic rings. The number of carbonyl (C=O) groups is 1. The van der Waals surface area contributed by atoms with Crippen LogP contribution in [0.4, 0.5) is 5.69 Å². The molecule has 0 spiro atoms. The van der Waals surface area contributed by atoms with Crippen molar-refractivity contribution in [3.05, 3.63) is 21.6 Å². The van der Waals surface area contributed by atoms with Crippen molar-refractivity contribution < 1.29 is 13.2 Å². The molecule has 100 valence electrons. The number of hydrogen-bond acceptors (Lipinski definition) is 4. The molecule has 0 saturated heterocycles. The van der Waals surface area contributed by atoms with E-state index in [9.17, 15) is 13.2 Å². The van der Waals surface area contributed by atoms with Gasteiger partial charge in [-0.2, -0.15) is 0 Å². The number of carbonyl (C=O) groups excluding carboxylic acids is 1. The Kier molecular flexibility index (Phi) is 4.97. The van der Waals surface area contributed by atoms with Crippen LogP contribution in [0, 0.1) is 0 Å². The van der Waals surface area contributed by atoms with Crippen molar-refractivity contribution in [2.24, 2.45) is 0 Å². The number of benzene rings is 1. The predicted octanol–water partition coefficient (Wildman–Crippen LogP) is 0.709. The van der Waals surface area contributed by atoms with E-state index in [1.54, 1.807) is 0 Å². The molecule has 1 aromatic carbocycles. The van der Waals surface area contributed by atoms with E-state index in [4.69, 9.17) is 17.3 Å². The molecule has 0 bridgehead atoms. The second kappa shape index (κ2) is 5.87. The zero-order valence-electron chi connectivity index (χ0n) is 9.33. The monoisotopic (exact) mass is 355 g/mol. The number of hydrogen-bond donors (Lipinski definition) is 3. The van der Waals surface area contributed by atoms with Gasteiger partial charge >= 0.3 is 0 Å². The summed E-state index contributed by atoms with van der Waals surface area (Å²) in [6.45, 7) is -0.373. The number of nitrogens with two attached hydrogens (primary N) is 1. The van der Waals surface area contributed by atoms with Crippen molar-refractivity contribution in [1.82, 2.24) is 10.0 Å². The van der Waals surface area contributed by atoms with Crippen molar-refractivity contribution in [2.75, 3.05) is 19.3 Å². The van der Waals surface area contributed by atoms with E-state index >= 15 is 0 Å². The molecule has 9 heteroatoms. The van der Waals surface area contributed by atoms with Crippen LogP contribution in [0.25, 0.3) is 0 Å². The van der Waals surface area contributed by atoms with Crippen LogP contribution in [0.3, 0.4) is 0 Å². The fourth-order valence-electron chi connectivity index (χ4n) is 1.11. The minimum atomic E-state index is -3.89. The lowest BCUT2D eigenvalue weighted by Crippen LogP contribution is -2.35. The third kappa shape index (κ3) is 3.58. The van der Waals surface area contributed by atoms with Crippen molar-refractivity contribution in [3.8, 4) is 0 Å². The number of halogens is 2. The molecule has 1 amide bonds. The number of nitrogen functional groups attached to an aromatic ring is 1. The zero-order valence-corrected chi connectivity index (χ0v) is 12.5. The molecule has 0 fully saturated rings. The van der Waals surface area contributed by atoms with Crippen LogP contribution in [0.1, 0.15) is 0 Å². The molecule has 0 heterocycles. The summed E-state index contributed by atoms with van der Waals surface area (Å²) in [4.78, 5) is 10.8. The molecule has 0 aliphatic carbocycles. The van der Waals surface area contributed by atoms with Crippen LogP contribution >= 0.6 is 27.5 Å². The Labute approximate surface area is 118 Å². The maximum absolute atomic E-state index is 11.9. The van der Waals surface area contributed by atoms with Crippen LogP contribution in [0.5, 0.6) is 0 Å². The van der Waals surface area contributed by atoms with Gasteiger partial charge in [-0.1, -0.05) is 11.6 Å². The molecule has 0 radical (unpaired) electrons. The van der Waals surface area contributed by atoms with Gasteiger partial charge in [-0.3, -0.25) is 4.79 Å². The van der Waals surface area contributed by atoms with Crippen molar-refractivity contribution in [1.29, 1.82) is 0 Å². The highest BCUT2D eigenvalue weighted by molar-refractivity contribution is 9.10. The smallest absolute Gasteiger partial charge is 0.242 e. The third-order valence-corrected chi connectivity index (χ3v) is 4.81. The fraction of sp³-hybridized carbons (Fsp3) is 0.222. The number of sulfonamides is 1. The van der Waals surface area contributed by atoms with Gasteiger partial charge in [0.25, 0.3) is 0 Å². The number of rotatable bonds is 4. The summed E-state index contributed by atoms with van der Waals surface area (Å²) in [5.74, 6) is -0.460. The second-order valence-corrected chi connectivity index (χ2v) is 6.28. The summed E-state index contributed by atoms with van der Waals surface area (Å²) >= 11 is 8.98. The number of nitrogens with one attached hydrogen (secondary N) is 2. The lowest BCUT2D eigenvalue weighted by atomic mass is 10.3. The van der Waals surface area contributed by atoms with Gasteiger partial charge in [0, 0.05) is 17.2 Å². The summed E-state index contributed by atoms with van der Waals surface area (Å²) in [5.41, 5.74) is 5.79. The van der Waals surface area contributed by atoms with Crippen LogP contribution < -0.4 is 15.8 Å². The Bertz CT molecular complexity index is 577. The molecule has 6 nitrogen and oxygen atoms in total. The first kappa shape index (κ1) is 15.2. The van der Waals surface area contributed by atoms with E-state index in [1.165, 1.54) is 19.2 Å². The largest absolute Gasteiger partial charge is 0.399 e.